The Labute approximate surface area is 149 Å². The van der Waals surface area contributed by atoms with Crippen LogP contribution in [0, 0.1) is 5.92 Å². The summed E-state index contributed by atoms with van der Waals surface area (Å²) in [7, 11) is -6.72. The zero-order valence-corrected chi connectivity index (χ0v) is 16.2. The molecule has 0 bridgehead atoms. The van der Waals surface area contributed by atoms with Crippen LogP contribution < -0.4 is 10.0 Å². The van der Waals surface area contributed by atoms with Crippen molar-refractivity contribution in [2.45, 2.75) is 44.0 Å². The molecule has 7 nitrogen and oxygen atoms in total. The number of rotatable bonds is 5. The second kappa shape index (κ2) is 7.05. The maximum absolute atomic E-state index is 12.3. The number of hydrogen-bond acceptors (Lipinski definition) is 5. The van der Waals surface area contributed by atoms with Crippen LogP contribution in [-0.2, 0) is 24.7 Å². The van der Waals surface area contributed by atoms with E-state index in [2.05, 4.69) is 10.0 Å². The highest BCUT2D eigenvalue weighted by atomic mass is 32.2. The number of carbonyl (C=O) groups excluding carboxylic acids is 1. The van der Waals surface area contributed by atoms with Crippen LogP contribution in [0.5, 0.6) is 0 Å². The van der Waals surface area contributed by atoms with Crippen molar-refractivity contribution >= 4 is 31.5 Å². The minimum absolute atomic E-state index is 0.0321. The van der Waals surface area contributed by atoms with Crippen molar-refractivity contribution in [1.29, 1.82) is 0 Å². The van der Waals surface area contributed by atoms with Crippen LogP contribution in [0.4, 0.5) is 5.69 Å². The lowest BCUT2D eigenvalue weighted by Gasteiger charge is -2.20. The number of sulfone groups is 1. The Kier molecular flexibility index (Phi) is 5.60. The summed E-state index contributed by atoms with van der Waals surface area (Å²) in [6.45, 7) is 5.23. The van der Waals surface area contributed by atoms with Crippen molar-refractivity contribution in [2.75, 3.05) is 16.8 Å². The molecule has 2 rings (SSSR count). The largest absolute Gasteiger partial charge is 0.326 e. The summed E-state index contributed by atoms with van der Waals surface area (Å²) < 4.78 is 50.1. The first-order valence-electron chi connectivity index (χ1n) is 8.01. The summed E-state index contributed by atoms with van der Waals surface area (Å²) in [5.74, 6) is -0.346. The molecule has 1 atom stereocenters. The first kappa shape index (κ1) is 19.9. The third kappa shape index (κ3) is 6.09. The molecular weight excluding hydrogens is 364 g/mol. The number of amides is 1. The summed E-state index contributed by atoms with van der Waals surface area (Å²) in [6.07, 6.45) is 0.593. The number of nitrogens with one attached hydrogen (secondary N) is 2. The van der Waals surface area contributed by atoms with Gasteiger partial charge in [0.1, 0.15) is 0 Å². The summed E-state index contributed by atoms with van der Waals surface area (Å²) in [5, 5.41) is 2.65. The molecule has 0 spiro atoms. The van der Waals surface area contributed by atoms with Crippen LogP contribution in [0.3, 0.4) is 0 Å². The highest BCUT2D eigenvalue weighted by Gasteiger charge is 2.29. The van der Waals surface area contributed by atoms with E-state index in [4.69, 9.17) is 0 Å². The van der Waals surface area contributed by atoms with E-state index in [0.717, 1.165) is 0 Å². The van der Waals surface area contributed by atoms with E-state index in [0.29, 0.717) is 12.1 Å². The monoisotopic (exact) mass is 388 g/mol. The summed E-state index contributed by atoms with van der Waals surface area (Å²) in [6, 6.07) is 5.98. The van der Waals surface area contributed by atoms with Crippen LogP contribution in [0.15, 0.2) is 29.2 Å². The SMILES string of the molecule is CC(C)(C)NS(=O)(=O)c1cccc(NC(=O)C[C@@H]2CCS(=O)(=O)C2)c1. The Morgan fingerprint density at radius 2 is 1.96 bits per heavy atom. The van der Waals surface area contributed by atoms with Gasteiger partial charge in [0, 0.05) is 17.6 Å². The number of anilines is 1. The molecule has 2 N–H and O–H groups in total. The highest BCUT2D eigenvalue weighted by molar-refractivity contribution is 7.91. The van der Waals surface area contributed by atoms with Gasteiger partial charge in [0.2, 0.25) is 15.9 Å². The lowest BCUT2D eigenvalue weighted by Crippen LogP contribution is -2.40. The third-order valence-electron chi connectivity index (χ3n) is 3.67. The van der Waals surface area contributed by atoms with E-state index in [-0.39, 0.29) is 34.6 Å². The quantitative estimate of drug-likeness (QED) is 0.795. The van der Waals surface area contributed by atoms with Gasteiger partial charge in [0.05, 0.1) is 16.4 Å². The smallest absolute Gasteiger partial charge is 0.241 e. The molecule has 1 heterocycles. The van der Waals surface area contributed by atoms with Gasteiger partial charge in [-0.2, -0.15) is 0 Å². The second-order valence-corrected chi connectivity index (χ2v) is 11.3. The fraction of sp³-hybridized carbons (Fsp3) is 0.562. The zero-order chi connectivity index (χ0) is 18.9. The van der Waals surface area contributed by atoms with Crippen LogP contribution >= 0.6 is 0 Å². The molecule has 0 radical (unpaired) electrons. The Balaban J connectivity index is 2.05. The molecule has 9 heteroatoms. The van der Waals surface area contributed by atoms with Crippen molar-refractivity contribution in [1.82, 2.24) is 4.72 Å². The lowest BCUT2D eigenvalue weighted by molar-refractivity contribution is -0.116. The van der Waals surface area contributed by atoms with Crippen LogP contribution in [0.2, 0.25) is 0 Å². The van der Waals surface area contributed by atoms with Gasteiger partial charge in [-0.1, -0.05) is 6.07 Å². The maximum atomic E-state index is 12.3. The Hall–Kier alpha value is -1.45. The van der Waals surface area contributed by atoms with E-state index < -0.39 is 25.4 Å². The average Bonchev–Trinajstić information content (AvgIpc) is 2.75. The second-order valence-electron chi connectivity index (χ2n) is 7.40. The van der Waals surface area contributed by atoms with Gasteiger partial charge in [-0.25, -0.2) is 21.6 Å². The molecule has 0 aromatic heterocycles. The summed E-state index contributed by atoms with van der Waals surface area (Å²) in [4.78, 5) is 12.2. The Morgan fingerprint density at radius 1 is 1.28 bits per heavy atom. The van der Waals surface area contributed by atoms with E-state index in [9.17, 15) is 21.6 Å². The lowest BCUT2D eigenvalue weighted by atomic mass is 10.1. The van der Waals surface area contributed by atoms with Gasteiger partial charge in [-0.15, -0.1) is 0 Å². The van der Waals surface area contributed by atoms with Crippen LogP contribution in [0.1, 0.15) is 33.6 Å². The molecule has 1 fully saturated rings. The van der Waals surface area contributed by atoms with Gasteiger partial charge in [0.25, 0.3) is 0 Å². The van der Waals surface area contributed by atoms with Gasteiger partial charge in [-0.3, -0.25) is 4.79 Å². The number of carbonyl (C=O) groups is 1. The fourth-order valence-electron chi connectivity index (χ4n) is 2.71. The predicted molar refractivity (Wildman–Crippen MR) is 96.5 cm³/mol. The molecule has 1 aliphatic rings. The van der Waals surface area contributed by atoms with Crippen molar-refractivity contribution in [2.24, 2.45) is 5.92 Å². The van der Waals surface area contributed by atoms with Crippen molar-refractivity contribution in [3.63, 3.8) is 0 Å². The molecule has 1 amide bonds. The van der Waals surface area contributed by atoms with Gasteiger partial charge >= 0.3 is 0 Å². The summed E-state index contributed by atoms with van der Waals surface area (Å²) in [5.41, 5.74) is -0.255. The number of benzene rings is 1. The number of hydrogen-bond donors (Lipinski definition) is 2. The van der Waals surface area contributed by atoms with Crippen molar-refractivity contribution in [3.8, 4) is 0 Å². The molecule has 1 saturated heterocycles. The van der Waals surface area contributed by atoms with Crippen LogP contribution in [-0.4, -0.2) is 39.8 Å². The minimum Gasteiger partial charge on any atom is -0.326 e. The molecule has 25 heavy (non-hydrogen) atoms. The summed E-state index contributed by atoms with van der Waals surface area (Å²) >= 11 is 0. The Morgan fingerprint density at radius 3 is 2.52 bits per heavy atom. The molecule has 0 saturated carbocycles. The molecular formula is C16H24N2O5S2. The molecule has 1 aromatic carbocycles. The highest BCUT2D eigenvalue weighted by Crippen LogP contribution is 2.23. The van der Waals surface area contributed by atoms with Crippen molar-refractivity contribution in [3.05, 3.63) is 24.3 Å². The minimum atomic E-state index is -3.69. The molecule has 0 aliphatic carbocycles. The van der Waals surface area contributed by atoms with E-state index in [1.54, 1.807) is 32.9 Å². The Bertz CT molecular complexity index is 855. The molecule has 140 valence electrons. The van der Waals surface area contributed by atoms with E-state index in [1.807, 2.05) is 0 Å². The topological polar surface area (TPSA) is 109 Å². The maximum Gasteiger partial charge on any atom is 0.241 e. The first-order valence-corrected chi connectivity index (χ1v) is 11.3. The number of sulfonamides is 1. The fourth-order valence-corrected chi connectivity index (χ4v) is 6.04. The average molecular weight is 389 g/mol. The normalized spacial score (nSPS) is 20.4. The zero-order valence-electron chi connectivity index (χ0n) is 14.6. The van der Waals surface area contributed by atoms with Crippen LogP contribution in [0.25, 0.3) is 0 Å². The van der Waals surface area contributed by atoms with Gasteiger partial charge in [0.15, 0.2) is 9.84 Å². The van der Waals surface area contributed by atoms with E-state index in [1.165, 1.54) is 12.1 Å². The molecule has 0 unspecified atom stereocenters. The first-order chi connectivity index (χ1) is 11.4. The van der Waals surface area contributed by atoms with Gasteiger partial charge < -0.3 is 5.32 Å². The third-order valence-corrected chi connectivity index (χ3v) is 7.26. The van der Waals surface area contributed by atoms with E-state index >= 15 is 0 Å². The molecule has 1 aliphatic heterocycles. The van der Waals surface area contributed by atoms with Gasteiger partial charge in [-0.05, 0) is 51.3 Å². The van der Waals surface area contributed by atoms with Crippen molar-refractivity contribution < 1.29 is 21.6 Å². The molecule has 1 aromatic rings. The predicted octanol–water partition coefficient (Wildman–Crippen LogP) is 1.53. The standard InChI is InChI=1S/C16H24N2O5S2/c1-16(2,3)18-25(22,23)14-6-4-5-13(10-14)17-15(19)9-12-7-8-24(20,21)11-12/h4-6,10,12,18H,7-9,11H2,1-3H3,(H,17,19)/t12-/m0/s1.